The molecule has 0 aliphatic carbocycles. The zero-order valence-electron chi connectivity index (χ0n) is 20.8. The summed E-state index contributed by atoms with van der Waals surface area (Å²) in [5.41, 5.74) is 3.81. The number of aryl methyl sites for hydroxylation is 2. The first-order valence-corrected chi connectivity index (χ1v) is 8.18. The van der Waals surface area contributed by atoms with Crippen molar-refractivity contribution in [3.63, 3.8) is 0 Å². The van der Waals surface area contributed by atoms with Gasteiger partial charge in [0.2, 0.25) is 0 Å². The normalized spacial score (nSPS) is 8.38. The molecular weight excluding hydrogens is 534 g/mol. The van der Waals surface area contributed by atoms with E-state index in [1.807, 2.05) is 47.8 Å². The van der Waals surface area contributed by atoms with E-state index < -0.39 is 11.9 Å². The second-order valence-corrected chi connectivity index (χ2v) is 5.60. The van der Waals surface area contributed by atoms with E-state index in [2.05, 4.69) is 14.9 Å². The molecule has 0 atom stereocenters. The van der Waals surface area contributed by atoms with E-state index in [1.54, 1.807) is 12.1 Å². The van der Waals surface area contributed by atoms with Crippen LogP contribution in [0.3, 0.4) is 0 Å². The van der Waals surface area contributed by atoms with Gasteiger partial charge in [-0.05, 0) is 24.3 Å². The average Bonchev–Trinajstić information content (AvgIpc) is 3.48. The second-order valence-electron chi connectivity index (χ2n) is 5.60. The summed E-state index contributed by atoms with van der Waals surface area (Å²) in [4.78, 5) is 37.7. The predicted molar refractivity (Wildman–Crippen MR) is 106 cm³/mol. The molecule has 16 heteroatoms. The minimum Gasteiger partial charge on any atom is -1.00 e. The van der Waals surface area contributed by atoms with Crippen LogP contribution in [-0.4, -0.2) is 60.3 Å². The number of carbonyl (C=O) groups excluding carboxylic acids is 2. The largest absolute Gasteiger partial charge is 1.00 e. The maximum atomic E-state index is 10.5. The molecular formula is C18H23K3N4O9. The third-order valence-corrected chi connectivity index (χ3v) is 3.83. The first-order chi connectivity index (χ1) is 14.3. The van der Waals surface area contributed by atoms with Crippen LogP contribution in [-0.2, 0) is 23.8 Å². The van der Waals surface area contributed by atoms with Gasteiger partial charge >= 0.3 is 160 Å². The van der Waals surface area contributed by atoms with Crippen LogP contribution in [0.15, 0.2) is 36.7 Å². The van der Waals surface area contributed by atoms with Crippen LogP contribution in [0.4, 0.5) is 0 Å². The number of nitrogens with one attached hydrogen (secondary N) is 2. The summed E-state index contributed by atoms with van der Waals surface area (Å²) < 4.78 is 3.72. The standard InChI is InChI=1S/2C8H8N2O2.CH2O3.CH4O.3K.H2O.H/c2*1-10-3-2-5-7(10)4-6(9-5)8(11)12;2-1-4-3;1-2;;;;;/h2*2-4,9H,1H3,(H,11,12);1,3H;2H,1H3;;;;1H2;/q;;;;3*+1;;-1/p-2. The molecule has 4 heterocycles. The number of aliphatic hydroxyl groups excluding tert-OH is 1. The molecule has 0 aromatic carbocycles. The first kappa shape index (κ1) is 41.9. The smallest absolute Gasteiger partial charge is 1.00 e. The summed E-state index contributed by atoms with van der Waals surface area (Å²) >= 11 is 0. The van der Waals surface area contributed by atoms with E-state index >= 15 is 0 Å². The Morgan fingerprint density at radius 3 is 1.62 bits per heavy atom. The molecule has 0 unspecified atom stereocenters. The number of rotatable bonds is 3. The van der Waals surface area contributed by atoms with Crippen molar-refractivity contribution in [2.45, 2.75) is 0 Å². The molecule has 0 saturated heterocycles. The van der Waals surface area contributed by atoms with Gasteiger partial charge in [-0.1, -0.05) is 0 Å². The van der Waals surface area contributed by atoms with E-state index in [0.717, 1.165) is 29.2 Å². The number of carboxylic acid groups (broad SMARTS) is 2. The van der Waals surface area contributed by atoms with Crippen molar-refractivity contribution < 1.29 is 201 Å². The number of aromatic carboxylic acids is 2. The van der Waals surface area contributed by atoms with Gasteiger partial charge < -0.3 is 56.3 Å². The molecule has 172 valence electrons. The molecule has 13 nitrogen and oxygen atoms in total. The monoisotopic (exact) mass is 556 g/mol. The number of hydrogen-bond donors (Lipinski definition) is 4. The Balaban J connectivity index is -0.000000126. The van der Waals surface area contributed by atoms with Crippen molar-refractivity contribution in [2.24, 2.45) is 14.1 Å². The van der Waals surface area contributed by atoms with Crippen LogP contribution in [0.2, 0.25) is 0 Å². The van der Waals surface area contributed by atoms with E-state index in [0.29, 0.717) is 0 Å². The summed E-state index contributed by atoms with van der Waals surface area (Å²) in [6.45, 7) is -0.181. The molecule has 0 fully saturated rings. The first-order valence-electron chi connectivity index (χ1n) is 8.18. The van der Waals surface area contributed by atoms with Gasteiger partial charge in [-0.25, -0.2) is 4.79 Å². The zero-order chi connectivity index (χ0) is 22.8. The topological polar surface area (TPSA) is 220 Å². The minimum absolute atomic E-state index is 0. The van der Waals surface area contributed by atoms with E-state index in [4.69, 9.17) is 20.3 Å². The molecule has 34 heavy (non-hydrogen) atoms. The molecule has 4 aromatic rings. The fraction of sp³-hybridized carbons (Fsp3) is 0.167. The van der Waals surface area contributed by atoms with Gasteiger partial charge in [0.1, 0.15) is 5.69 Å². The summed E-state index contributed by atoms with van der Waals surface area (Å²) in [5.74, 6) is -2.10. The second kappa shape index (κ2) is 21.9. The van der Waals surface area contributed by atoms with Gasteiger partial charge in [0.05, 0.1) is 33.7 Å². The summed E-state index contributed by atoms with van der Waals surface area (Å²) in [5, 5.41) is 34.5. The fourth-order valence-corrected chi connectivity index (χ4v) is 2.52. The number of aliphatic hydroxyl groups is 1. The van der Waals surface area contributed by atoms with Gasteiger partial charge in [-0.3, -0.25) is 4.79 Å². The maximum Gasteiger partial charge on any atom is 1.00 e. The van der Waals surface area contributed by atoms with Crippen molar-refractivity contribution in [3.05, 3.63) is 48.0 Å². The number of fused-ring (bicyclic) bond motifs is 2. The van der Waals surface area contributed by atoms with Gasteiger partial charge in [0.25, 0.3) is 6.47 Å². The van der Waals surface area contributed by atoms with Crippen molar-refractivity contribution in [1.82, 2.24) is 19.1 Å². The molecule has 0 bridgehead atoms. The Kier molecular flexibility index (Phi) is 27.0. The van der Waals surface area contributed by atoms with Gasteiger partial charge in [0, 0.05) is 33.6 Å². The van der Waals surface area contributed by atoms with Crippen LogP contribution in [0.25, 0.3) is 22.1 Å². The summed E-state index contributed by atoms with van der Waals surface area (Å²) in [6, 6.07) is 6.85. The van der Waals surface area contributed by atoms with E-state index in [1.165, 1.54) is 0 Å². The Labute approximate surface area is 323 Å². The Bertz CT molecular complexity index is 1060. The van der Waals surface area contributed by atoms with E-state index in [9.17, 15) is 14.7 Å². The van der Waals surface area contributed by atoms with Crippen molar-refractivity contribution in [2.75, 3.05) is 7.11 Å². The van der Waals surface area contributed by atoms with E-state index in [-0.39, 0.29) is 179 Å². The SMILES string of the molecule is CO.Cn1ccc2[nH]c(C(=O)O)cc21.Cn1ccc2[nH]c(C(=O)[O-])cc21.O.O=CO[O-].[H-].[K+].[K+].[K+]. The number of hydrogen-bond acceptors (Lipinski definition) is 7. The third kappa shape index (κ3) is 12.4. The molecule has 0 aliphatic rings. The Hall–Kier alpha value is 0.839. The number of aromatic amines is 2. The number of aromatic nitrogens is 4. The fourth-order valence-electron chi connectivity index (χ4n) is 2.52. The van der Waals surface area contributed by atoms with Crippen LogP contribution >= 0.6 is 0 Å². The van der Waals surface area contributed by atoms with Crippen molar-refractivity contribution >= 4 is 40.5 Å². The molecule has 0 radical (unpaired) electrons. The van der Waals surface area contributed by atoms with Crippen molar-refractivity contribution in [1.29, 1.82) is 0 Å². The van der Waals surface area contributed by atoms with Crippen LogP contribution in [0, 0.1) is 0 Å². The van der Waals surface area contributed by atoms with Crippen LogP contribution < -0.4 is 165 Å². The van der Waals surface area contributed by atoms with Crippen LogP contribution in [0.1, 0.15) is 22.4 Å². The number of H-pyrrole nitrogens is 2. The van der Waals surface area contributed by atoms with Gasteiger partial charge in [0.15, 0.2) is 0 Å². The maximum absolute atomic E-state index is 10.5. The molecule has 6 N–H and O–H groups in total. The Morgan fingerprint density at radius 1 is 0.971 bits per heavy atom. The number of nitrogens with zero attached hydrogens (tertiary/aromatic N) is 2. The molecule has 0 spiro atoms. The van der Waals surface area contributed by atoms with Gasteiger partial charge in [-0.15, -0.1) is 0 Å². The molecule has 0 saturated carbocycles. The predicted octanol–water partition coefficient (Wildman–Crippen LogP) is -10.6. The zero-order valence-corrected chi connectivity index (χ0v) is 29.1. The quantitative estimate of drug-likeness (QED) is 0.0819. The average molecular weight is 557 g/mol. The number of carbonyl (C=O) groups is 3. The number of carboxylic acids is 2. The molecule has 0 aliphatic heterocycles. The summed E-state index contributed by atoms with van der Waals surface area (Å²) in [6.07, 6.45) is 3.74. The molecule has 4 rings (SSSR count). The minimum atomic E-state index is -1.17. The molecule has 4 aromatic heterocycles. The van der Waals surface area contributed by atoms with Crippen LogP contribution in [0.5, 0.6) is 0 Å². The van der Waals surface area contributed by atoms with Crippen molar-refractivity contribution in [3.8, 4) is 0 Å². The summed E-state index contributed by atoms with van der Waals surface area (Å²) in [7, 11) is 4.73. The van der Waals surface area contributed by atoms with Gasteiger partial charge in [-0.2, -0.15) is 0 Å². The Morgan fingerprint density at radius 2 is 1.32 bits per heavy atom. The molecule has 0 amide bonds. The third-order valence-electron chi connectivity index (χ3n) is 3.83.